The van der Waals surface area contributed by atoms with Crippen molar-refractivity contribution in [2.45, 2.75) is 44.6 Å². The molecule has 2 N–H and O–H groups in total. The third kappa shape index (κ3) is 6.49. The van der Waals surface area contributed by atoms with Crippen LogP contribution in [0.2, 0.25) is 0 Å². The van der Waals surface area contributed by atoms with E-state index >= 15 is 0 Å². The van der Waals surface area contributed by atoms with Crippen LogP contribution in [0.5, 0.6) is 0 Å². The first-order chi connectivity index (χ1) is 15.2. The lowest BCUT2D eigenvalue weighted by Crippen LogP contribution is -2.41. The second-order valence-electron chi connectivity index (χ2n) is 7.69. The molecule has 2 aromatic heterocycles. The van der Waals surface area contributed by atoms with Gasteiger partial charge in [0.15, 0.2) is 0 Å². The number of carbonyl (C=O) groups is 2. The number of hydrogen-bond donors (Lipinski definition) is 2. The third-order valence-electron chi connectivity index (χ3n) is 5.30. The van der Waals surface area contributed by atoms with Crippen molar-refractivity contribution in [2.75, 3.05) is 26.2 Å². The standard InChI is InChI=1S/C18H25N5O2.C2HF3O2/c24-18(22-9-1-2-10-22)19-7-5-15-12-21(14-17-4-3-11-25-17)13-16-6-8-20-23(15)16;3-2(4,5)1(6)7/h3-4,6,8,11,15H,1-2,5,7,9-10,12-14H2,(H,19,24);(H,6,7). The molecule has 4 heterocycles. The van der Waals surface area contributed by atoms with Gasteiger partial charge in [0.1, 0.15) is 5.76 Å². The molecule has 2 amide bonds. The van der Waals surface area contributed by atoms with E-state index in [4.69, 9.17) is 14.3 Å². The Balaban J connectivity index is 0.000000360. The van der Waals surface area contributed by atoms with E-state index in [9.17, 15) is 18.0 Å². The molecule has 9 nitrogen and oxygen atoms in total. The molecule has 1 fully saturated rings. The minimum atomic E-state index is -5.08. The number of urea groups is 1. The Kier molecular flexibility index (Phi) is 7.78. The summed E-state index contributed by atoms with van der Waals surface area (Å²) in [5, 5.41) is 14.7. The number of carboxylic acid groups (broad SMARTS) is 1. The summed E-state index contributed by atoms with van der Waals surface area (Å²) in [4.78, 5) is 25.3. The predicted molar refractivity (Wildman–Crippen MR) is 107 cm³/mol. The number of carbonyl (C=O) groups excluding carboxylic acids is 1. The number of hydrogen-bond acceptors (Lipinski definition) is 5. The molecule has 1 unspecified atom stereocenters. The van der Waals surface area contributed by atoms with Gasteiger partial charge in [0.05, 0.1) is 24.5 Å². The fourth-order valence-electron chi connectivity index (χ4n) is 3.80. The summed E-state index contributed by atoms with van der Waals surface area (Å²) in [6.45, 7) is 5.03. The van der Waals surface area contributed by atoms with Crippen molar-refractivity contribution < 1.29 is 32.3 Å². The molecule has 0 radical (unpaired) electrons. The van der Waals surface area contributed by atoms with E-state index in [-0.39, 0.29) is 12.1 Å². The van der Waals surface area contributed by atoms with E-state index < -0.39 is 12.1 Å². The number of nitrogens with one attached hydrogen (secondary N) is 1. The zero-order valence-corrected chi connectivity index (χ0v) is 17.4. The molecule has 0 aromatic carbocycles. The van der Waals surface area contributed by atoms with Crippen LogP contribution in [0.4, 0.5) is 18.0 Å². The molecule has 0 bridgehead atoms. The first-order valence-corrected chi connectivity index (χ1v) is 10.3. The minimum Gasteiger partial charge on any atom is -0.475 e. The summed E-state index contributed by atoms with van der Waals surface area (Å²) in [6.07, 6.45) is 1.61. The van der Waals surface area contributed by atoms with Gasteiger partial charge in [-0.3, -0.25) is 9.58 Å². The smallest absolute Gasteiger partial charge is 0.475 e. The molecule has 32 heavy (non-hydrogen) atoms. The van der Waals surface area contributed by atoms with Gasteiger partial charge in [-0.05, 0) is 37.5 Å². The van der Waals surface area contributed by atoms with Crippen LogP contribution in [0, 0.1) is 0 Å². The van der Waals surface area contributed by atoms with Crippen molar-refractivity contribution in [1.82, 2.24) is 24.9 Å². The van der Waals surface area contributed by atoms with Crippen LogP contribution in [-0.2, 0) is 17.9 Å². The Morgan fingerprint density at radius 3 is 2.59 bits per heavy atom. The molecule has 2 aromatic rings. The van der Waals surface area contributed by atoms with Gasteiger partial charge >= 0.3 is 18.2 Å². The highest BCUT2D eigenvalue weighted by Gasteiger charge is 2.38. The molecule has 1 saturated heterocycles. The molecule has 4 rings (SSSR count). The molecule has 0 spiro atoms. The number of furan rings is 1. The van der Waals surface area contributed by atoms with Gasteiger partial charge in [-0.15, -0.1) is 0 Å². The van der Waals surface area contributed by atoms with Crippen LogP contribution in [0.3, 0.4) is 0 Å². The molecule has 0 aliphatic carbocycles. The molecule has 1 atom stereocenters. The number of rotatable bonds is 5. The molecule has 0 saturated carbocycles. The summed E-state index contributed by atoms with van der Waals surface area (Å²) in [5.41, 5.74) is 1.22. The molecule has 2 aliphatic rings. The molecule has 176 valence electrons. The number of alkyl halides is 3. The van der Waals surface area contributed by atoms with Crippen molar-refractivity contribution in [3.8, 4) is 0 Å². The van der Waals surface area contributed by atoms with Gasteiger partial charge < -0.3 is 19.7 Å². The summed E-state index contributed by atoms with van der Waals surface area (Å²) >= 11 is 0. The fourth-order valence-corrected chi connectivity index (χ4v) is 3.80. The van der Waals surface area contributed by atoms with Crippen LogP contribution in [0.1, 0.15) is 36.8 Å². The van der Waals surface area contributed by atoms with E-state index in [0.717, 1.165) is 57.7 Å². The Hall–Kier alpha value is -3.02. The second-order valence-corrected chi connectivity index (χ2v) is 7.69. The number of aromatic nitrogens is 2. The van der Waals surface area contributed by atoms with E-state index in [0.29, 0.717) is 6.54 Å². The van der Waals surface area contributed by atoms with E-state index in [1.54, 1.807) is 6.26 Å². The first-order valence-electron chi connectivity index (χ1n) is 10.3. The van der Waals surface area contributed by atoms with Gasteiger partial charge in [-0.1, -0.05) is 0 Å². The lowest BCUT2D eigenvalue weighted by molar-refractivity contribution is -0.192. The maximum Gasteiger partial charge on any atom is 0.490 e. The number of amides is 2. The van der Waals surface area contributed by atoms with Crippen molar-refractivity contribution in [1.29, 1.82) is 0 Å². The minimum absolute atomic E-state index is 0.0708. The van der Waals surface area contributed by atoms with Crippen molar-refractivity contribution in [3.63, 3.8) is 0 Å². The molecule has 12 heteroatoms. The van der Waals surface area contributed by atoms with Crippen LogP contribution in [0.15, 0.2) is 35.1 Å². The fraction of sp³-hybridized carbons (Fsp3) is 0.550. The van der Waals surface area contributed by atoms with Gasteiger partial charge in [0.2, 0.25) is 0 Å². The van der Waals surface area contributed by atoms with E-state index in [1.165, 1.54) is 5.69 Å². The first kappa shape index (κ1) is 23.6. The number of fused-ring (bicyclic) bond motifs is 1. The van der Waals surface area contributed by atoms with Gasteiger partial charge in [0.25, 0.3) is 0 Å². The Labute approximate surface area is 182 Å². The Morgan fingerprint density at radius 1 is 1.25 bits per heavy atom. The average Bonchev–Trinajstić information content (AvgIpc) is 3.50. The number of likely N-dealkylation sites (tertiary alicyclic amines) is 1. The van der Waals surface area contributed by atoms with Crippen LogP contribution < -0.4 is 5.32 Å². The molecule has 2 aliphatic heterocycles. The average molecular weight is 457 g/mol. The van der Waals surface area contributed by atoms with Crippen molar-refractivity contribution >= 4 is 12.0 Å². The zero-order valence-electron chi connectivity index (χ0n) is 17.4. The summed E-state index contributed by atoms with van der Waals surface area (Å²) in [6, 6.07) is 6.35. The van der Waals surface area contributed by atoms with Crippen LogP contribution >= 0.6 is 0 Å². The van der Waals surface area contributed by atoms with Gasteiger partial charge in [-0.25, -0.2) is 9.59 Å². The summed E-state index contributed by atoms with van der Waals surface area (Å²) in [5.74, 6) is -1.78. The summed E-state index contributed by atoms with van der Waals surface area (Å²) in [7, 11) is 0. The lowest BCUT2D eigenvalue weighted by atomic mass is 10.1. The summed E-state index contributed by atoms with van der Waals surface area (Å²) < 4.78 is 39.3. The Bertz CT molecular complexity index is 878. The van der Waals surface area contributed by atoms with Crippen molar-refractivity contribution in [3.05, 3.63) is 42.1 Å². The second kappa shape index (κ2) is 10.5. The topological polar surface area (TPSA) is 104 Å². The number of nitrogens with zero attached hydrogens (tertiary/aromatic N) is 4. The molecular weight excluding hydrogens is 431 g/mol. The zero-order chi connectivity index (χ0) is 23.1. The van der Waals surface area contributed by atoms with Crippen molar-refractivity contribution in [2.24, 2.45) is 0 Å². The van der Waals surface area contributed by atoms with Crippen LogP contribution in [0.25, 0.3) is 0 Å². The number of carboxylic acids is 1. The Morgan fingerprint density at radius 2 is 1.97 bits per heavy atom. The maximum atomic E-state index is 12.1. The molecular formula is C20H26F3N5O4. The highest BCUT2D eigenvalue weighted by molar-refractivity contribution is 5.74. The number of aliphatic carboxylic acids is 1. The normalized spacial score (nSPS) is 18.6. The number of halogens is 3. The van der Waals surface area contributed by atoms with Gasteiger partial charge in [-0.2, -0.15) is 18.3 Å². The highest BCUT2D eigenvalue weighted by Crippen LogP contribution is 2.24. The quantitative estimate of drug-likeness (QED) is 0.716. The highest BCUT2D eigenvalue weighted by atomic mass is 19.4. The van der Waals surface area contributed by atoms with Gasteiger partial charge in [0, 0.05) is 38.9 Å². The monoisotopic (exact) mass is 457 g/mol. The largest absolute Gasteiger partial charge is 0.490 e. The van der Waals surface area contributed by atoms with E-state index in [1.807, 2.05) is 23.2 Å². The third-order valence-corrected chi connectivity index (χ3v) is 5.30. The predicted octanol–water partition coefficient (Wildman–Crippen LogP) is 2.86. The SMILES string of the molecule is O=C(NCCC1CN(Cc2ccco2)Cc2ccnn21)N1CCCC1.O=C(O)C(F)(F)F. The lowest BCUT2D eigenvalue weighted by Gasteiger charge is -2.33. The van der Waals surface area contributed by atoms with E-state index in [2.05, 4.69) is 26.1 Å². The van der Waals surface area contributed by atoms with Crippen LogP contribution in [-0.4, -0.2) is 69.0 Å². The maximum absolute atomic E-state index is 12.1.